The van der Waals surface area contributed by atoms with Crippen molar-refractivity contribution in [3.63, 3.8) is 0 Å². The quantitative estimate of drug-likeness (QED) is 0.621. The van der Waals surface area contributed by atoms with Gasteiger partial charge in [0.2, 0.25) is 0 Å². The lowest BCUT2D eigenvalue weighted by molar-refractivity contribution is -0.139. The number of aliphatic imine (C=N–C) groups is 1. The fourth-order valence-electron chi connectivity index (χ4n) is 4.53. The maximum atomic E-state index is 13.0. The second kappa shape index (κ2) is 8.14. The third kappa shape index (κ3) is 3.84. The van der Waals surface area contributed by atoms with E-state index in [0.29, 0.717) is 40.6 Å². The highest BCUT2D eigenvalue weighted by Crippen LogP contribution is 2.50. The zero-order chi connectivity index (χ0) is 20.7. The molecule has 4 rings (SSSR count). The largest absolute Gasteiger partial charge is 0.480 e. The van der Waals surface area contributed by atoms with Gasteiger partial charge in [-0.1, -0.05) is 15.9 Å². The van der Waals surface area contributed by atoms with E-state index in [4.69, 9.17) is 14.8 Å². The van der Waals surface area contributed by atoms with Crippen molar-refractivity contribution in [1.82, 2.24) is 0 Å². The van der Waals surface area contributed by atoms with Crippen LogP contribution >= 0.6 is 31.9 Å². The number of carbonyl (C=O) groups is 3. The van der Waals surface area contributed by atoms with Crippen LogP contribution in [0.1, 0.15) is 50.0 Å². The molecule has 1 aromatic carbocycles. The lowest BCUT2D eigenvalue weighted by Crippen LogP contribution is -2.39. The fraction of sp³-hybridized carbons (Fsp3) is 0.429. The second-order valence-corrected chi connectivity index (χ2v) is 9.27. The number of Topliss-reactive ketones (excluding diaryl/α,β-unsaturated/α-hetero) is 2. The number of allylic oxidation sites excluding steroid dienone is 2. The summed E-state index contributed by atoms with van der Waals surface area (Å²) < 4.78 is 6.94. The molecule has 0 saturated heterocycles. The predicted octanol–water partition coefficient (Wildman–Crippen LogP) is 4.59. The fourth-order valence-corrected chi connectivity index (χ4v) is 5.91. The Labute approximate surface area is 184 Å². The Kier molecular flexibility index (Phi) is 5.75. The number of ether oxygens (including phenoxy) is 1. The molecule has 152 valence electrons. The van der Waals surface area contributed by atoms with E-state index in [9.17, 15) is 14.4 Å². The summed E-state index contributed by atoms with van der Waals surface area (Å²) in [6, 6.07) is 3.59. The molecule has 2 atom stereocenters. The number of carbonyl (C=O) groups excluding carboxylic acids is 2. The highest BCUT2D eigenvalue weighted by molar-refractivity contribution is 9.11. The molecule has 1 aromatic rings. The Hall–Kier alpha value is -1.80. The van der Waals surface area contributed by atoms with Crippen LogP contribution in [-0.4, -0.2) is 35.0 Å². The second-order valence-electron chi connectivity index (χ2n) is 7.50. The summed E-state index contributed by atoms with van der Waals surface area (Å²) in [5, 5.41) is 9.09. The first-order valence-electron chi connectivity index (χ1n) is 9.56. The maximum Gasteiger partial charge on any atom is 0.341 e. The molecule has 0 amide bonds. The Bertz CT molecular complexity index is 982. The van der Waals surface area contributed by atoms with Gasteiger partial charge in [-0.3, -0.25) is 14.6 Å². The first-order chi connectivity index (χ1) is 13.9. The van der Waals surface area contributed by atoms with Crippen molar-refractivity contribution >= 4 is 55.1 Å². The molecule has 0 bridgehead atoms. The molecular weight excluding hydrogens is 506 g/mol. The molecule has 1 aliphatic heterocycles. The van der Waals surface area contributed by atoms with Crippen molar-refractivity contribution in [2.75, 3.05) is 6.61 Å². The normalized spacial score (nSPS) is 24.0. The van der Waals surface area contributed by atoms with Crippen LogP contribution < -0.4 is 4.74 Å². The number of benzene rings is 1. The molecule has 0 radical (unpaired) electrons. The average Bonchev–Trinajstić information content (AvgIpc) is 2.65. The third-order valence-corrected chi connectivity index (χ3v) is 6.67. The number of hydrogen-bond donors (Lipinski definition) is 1. The minimum Gasteiger partial charge on any atom is -0.480 e. The highest BCUT2D eigenvalue weighted by Gasteiger charge is 2.45. The summed E-state index contributed by atoms with van der Waals surface area (Å²) in [6.45, 7) is -0.515. The minimum atomic E-state index is -1.10. The average molecular weight is 525 g/mol. The summed E-state index contributed by atoms with van der Waals surface area (Å²) in [7, 11) is 0. The van der Waals surface area contributed by atoms with Gasteiger partial charge in [-0.05, 0) is 53.7 Å². The van der Waals surface area contributed by atoms with Gasteiger partial charge in [0.05, 0.1) is 10.4 Å². The van der Waals surface area contributed by atoms with Gasteiger partial charge < -0.3 is 9.84 Å². The van der Waals surface area contributed by atoms with Gasteiger partial charge in [-0.25, -0.2) is 4.79 Å². The molecule has 3 aliphatic rings. The monoisotopic (exact) mass is 523 g/mol. The third-order valence-electron chi connectivity index (χ3n) is 5.63. The van der Waals surface area contributed by atoms with E-state index in [1.54, 1.807) is 6.07 Å². The number of carboxylic acid groups (broad SMARTS) is 1. The first-order valence-corrected chi connectivity index (χ1v) is 11.2. The van der Waals surface area contributed by atoms with Crippen molar-refractivity contribution in [2.45, 2.75) is 44.4 Å². The minimum absolute atomic E-state index is 0.0118. The summed E-state index contributed by atoms with van der Waals surface area (Å²) >= 11 is 6.94. The summed E-state index contributed by atoms with van der Waals surface area (Å²) in [4.78, 5) is 41.8. The molecule has 29 heavy (non-hydrogen) atoms. The molecule has 0 aromatic heterocycles. The molecule has 0 spiro atoms. The van der Waals surface area contributed by atoms with Gasteiger partial charge in [-0.15, -0.1) is 0 Å². The zero-order valence-electron chi connectivity index (χ0n) is 15.5. The predicted molar refractivity (Wildman–Crippen MR) is 113 cm³/mol. The van der Waals surface area contributed by atoms with E-state index in [0.717, 1.165) is 35.1 Å². The summed E-state index contributed by atoms with van der Waals surface area (Å²) in [5.41, 5.74) is 2.83. The molecular formula is C21H19Br2NO5. The van der Waals surface area contributed by atoms with Gasteiger partial charge in [-0.2, -0.15) is 0 Å². The van der Waals surface area contributed by atoms with Crippen LogP contribution in [0.3, 0.4) is 0 Å². The molecule has 8 heteroatoms. The molecule has 1 saturated carbocycles. The molecule has 6 nitrogen and oxygen atoms in total. The van der Waals surface area contributed by atoms with E-state index in [-0.39, 0.29) is 11.6 Å². The van der Waals surface area contributed by atoms with Crippen molar-refractivity contribution < 1.29 is 24.2 Å². The number of fused-ring (bicyclic) bond motifs is 1. The van der Waals surface area contributed by atoms with Crippen molar-refractivity contribution in [3.05, 3.63) is 37.9 Å². The highest BCUT2D eigenvalue weighted by atomic mass is 79.9. The molecule has 1 fully saturated rings. The van der Waals surface area contributed by atoms with E-state index in [1.807, 2.05) is 6.07 Å². The van der Waals surface area contributed by atoms with Crippen LogP contribution in [0.4, 0.5) is 0 Å². The van der Waals surface area contributed by atoms with Crippen molar-refractivity contribution in [1.29, 1.82) is 0 Å². The maximum absolute atomic E-state index is 13.0. The SMILES string of the molecule is O=C(O)COc1c(Br)cc(Br)cc1C1C2=C(CCCC2=O)N=C2CCCC(=O)C21. The van der Waals surface area contributed by atoms with Crippen LogP contribution in [0.2, 0.25) is 0 Å². The zero-order valence-corrected chi connectivity index (χ0v) is 18.7. The Morgan fingerprint density at radius 1 is 1.10 bits per heavy atom. The van der Waals surface area contributed by atoms with E-state index < -0.39 is 24.4 Å². The van der Waals surface area contributed by atoms with Gasteiger partial charge in [0, 0.05) is 45.8 Å². The molecule has 1 heterocycles. The number of ketones is 2. The number of halogens is 2. The van der Waals surface area contributed by atoms with Crippen LogP contribution in [-0.2, 0) is 14.4 Å². The first kappa shape index (κ1) is 20.5. The van der Waals surface area contributed by atoms with Crippen LogP contribution in [0.5, 0.6) is 5.75 Å². The number of aliphatic carboxylic acids is 1. The lowest BCUT2D eigenvalue weighted by Gasteiger charge is -2.38. The van der Waals surface area contributed by atoms with E-state index in [1.165, 1.54) is 0 Å². The van der Waals surface area contributed by atoms with Gasteiger partial charge in [0.1, 0.15) is 11.5 Å². The van der Waals surface area contributed by atoms with Crippen molar-refractivity contribution in [3.8, 4) is 5.75 Å². The standard InChI is InChI=1S/C21H19Br2NO5/c22-10-7-11(21(12(23)8-10)29-9-17(27)28)18-19-13(3-1-5-15(19)25)24-14-4-2-6-16(26)20(14)18/h7-8,18-19H,1-6,9H2,(H,27,28). The summed E-state index contributed by atoms with van der Waals surface area (Å²) in [6.07, 6.45) is 3.85. The number of carboxylic acids is 1. The van der Waals surface area contributed by atoms with E-state index >= 15 is 0 Å². The van der Waals surface area contributed by atoms with E-state index in [2.05, 4.69) is 31.9 Å². The number of rotatable bonds is 4. The Balaban J connectivity index is 1.92. The lowest BCUT2D eigenvalue weighted by atomic mass is 9.67. The number of hydrogen-bond acceptors (Lipinski definition) is 5. The smallest absolute Gasteiger partial charge is 0.341 e. The van der Waals surface area contributed by atoms with Gasteiger partial charge in [0.25, 0.3) is 0 Å². The van der Waals surface area contributed by atoms with Gasteiger partial charge in [0.15, 0.2) is 12.4 Å². The Morgan fingerprint density at radius 2 is 1.86 bits per heavy atom. The topological polar surface area (TPSA) is 93.0 Å². The van der Waals surface area contributed by atoms with Crippen LogP contribution in [0.15, 0.2) is 37.3 Å². The number of nitrogens with zero attached hydrogens (tertiary/aromatic N) is 1. The molecule has 1 N–H and O–H groups in total. The van der Waals surface area contributed by atoms with Crippen LogP contribution in [0, 0.1) is 5.92 Å². The Morgan fingerprint density at radius 3 is 2.62 bits per heavy atom. The van der Waals surface area contributed by atoms with Gasteiger partial charge >= 0.3 is 5.97 Å². The molecule has 2 aliphatic carbocycles. The van der Waals surface area contributed by atoms with Crippen LogP contribution in [0.25, 0.3) is 0 Å². The molecule has 2 unspecified atom stereocenters. The van der Waals surface area contributed by atoms with Crippen molar-refractivity contribution in [2.24, 2.45) is 10.9 Å². The summed E-state index contributed by atoms with van der Waals surface area (Å²) in [5.74, 6) is -1.67.